The van der Waals surface area contributed by atoms with Crippen LogP contribution < -0.4 is 0 Å². The second kappa shape index (κ2) is 3.77. The van der Waals surface area contributed by atoms with E-state index in [0.717, 1.165) is 12.8 Å². The summed E-state index contributed by atoms with van der Waals surface area (Å²) in [5.74, 6) is 0. The van der Waals surface area contributed by atoms with Crippen LogP contribution in [0.4, 0.5) is 0 Å². The molecule has 1 rings (SSSR count). The topological polar surface area (TPSA) is 41.6 Å². The molecule has 0 bridgehead atoms. The zero-order chi connectivity index (χ0) is 8.10. The predicted octanol–water partition coefficient (Wildman–Crippen LogP) is 1.27. The highest BCUT2D eigenvalue weighted by molar-refractivity contribution is 5.00. The van der Waals surface area contributed by atoms with Gasteiger partial charge in [-0.1, -0.05) is 0 Å². The normalized spacial score (nSPS) is 9.45. The van der Waals surface area contributed by atoms with Gasteiger partial charge in [0.15, 0.2) is 0 Å². The van der Waals surface area contributed by atoms with Gasteiger partial charge in [-0.3, -0.25) is 4.68 Å². The van der Waals surface area contributed by atoms with Crippen molar-refractivity contribution < 1.29 is 0 Å². The maximum absolute atomic E-state index is 8.29. The number of rotatable bonds is 3. The number of hydrogen-bond acceptors (Lipinski definition) is 2. The Morgan fingerprint density at radius 3 is 3.09 bits per heavy atom. The number of nitrogens with zero attached hydrogens (tertiary/aromatic N) is 3. The number of nitriles is 1. The summed E-state index contributed by atoms with van der Waals surface area (Å²) in [5.41, 5.74) is 1.19. The zero-order valence-corrected chi connectivity index (χ0v) is 6.62. The van der Waals surface area contributed by atoms with E-state index >= 15 is 0 Å². The van der Waals surface area contributed by atoms with Gasteiger partial charge < -0.3 is 0 Å². The fraction of sp³-hybridized carbons (Fsp3) is 0.500. The molecule has 0 atom stereocenters. The van der Waals surface area contributed by atoms with Crippen LogP contribution in [0.25, 0.3) is 0 Å². The molecule has 0 saturated carbocycles. The zero-order valence-electron chi connectivity index (χ0n) is 6.62. The predicted molar refractivity (Wildman–Crippen MR) is 41.8 cm³/mol. The standard InChI is InChI=1S/C8H11N3/c1-11-8(5-7-10-11)4-2-3-6-9/h5,7H,2-4H2,1H3. The van der Waals surface area contributed by atoms with Crippen LogP contribution in [-0.2, 0) is 13.5 Å². The van der Waals surface area contributed by atoms with Crippen molar-refractivity contribution in [3.05, 3.63) is 18.0 Å². The van der Waals surface area contributed by atoms with Crippen LogP contribution in [0.1, 0.15) is 18.5 Å². The Morgan fingerprint density at radius 1 is 1.73 bits per heavy atom. The van der Waals surface area contributed by atoms with Crippen molar-refractivity contribution >= 4 is 0 Å². The quantitative estimate of drug-likeness (QED) is 0.607. The molecular weight excluding hydrogens is 138 g/mol. The molecule has 0 N–H and O–H groups in total. The molecule has 0 unspecified atom stereocenters. The summed E-state index contributed by atoms with van der Waals surface area (Å²) >= 11 is 0. The van der Waals surface area contributed by atoms with Crippen molar-refractivity contribution in [1.29, 1.82) is 5.26 Å². The van der Waals surface area contributed by atoms with Crippen LogP contribution in [0.5, 0.6) is 0 Å². The Bertz CT molecular complexity index is 257. The van der Waals surface area contributed by atoms with Gasteiger partial charge in [0.25, 0.3) is 0 Å². The van der Waals surface area contributed by atoms with Crippen molar-refractivity contribution in [1.82, 2.24) is 9.78 Å². The molecule has 0 aliphatic heterocycles. The minimum absolute atomic E-state index is 0.630. The van der Waals surface area contributed by atoms with E-state index in [1.807, 2.05) is 17.8 Å². The van der Waals surface area contributed by atoms with E-state index in [4.69, 9.17) is 5.26 Å². The number of aromatic nitrogens is 2. The van der Waals surface area contributed by atoms with Crippen LogP contribution in [-0.4, -0.2) is 9.78 Å². The molecule has 0 aromatic carbocycles. The van der Waals surface area contributed by atoms with Gasteiger partial charge in [0.1, 0.15) is 0 Å². The van der Waals surface area contributed by atoms with Crippen LogP contribution in [0.2, 0.25) is 0 Å². The molecule has 0 spiro atoms. The van der Waals surface area contributed by atoms with Gasteiger partial charge >= 0.3 is 0 Å². The lowest BCUT2D eigenvalue weighted by Crippen LogP contribution is -1.97. The molecule has 3 heteroatoms. The van der Waals surface area contributed by atoms with Gasteiger partial charge in [0.05, 0.1) is 6.07 Å². The fourth-order valence-corrected chi connectivity index (χ4v) is 0.995. The Kier molecular flexibility index (Phi) is 2.67. The van der Waals surface area contributed by atoms with E-state index in [9.17, 15) is 0 Å². The van der Waals surface area contributed by atoms with Gasteiger partial charge in [-0.2, -0.15) is 10.4 Å². The molecule has 0 radical (unpaired) electrons. The first-order chi connectivity index (χ1) is 5.34. The average molecular weight is 149 g/mol. The third-order valence-corrected chi connectivity index (χ3v) is 1.64. The van der Waals surface area contributed by atoms with Crippen molar-refractivity contribution in [3.63, 3.8) is 0 Å². The smallest absolute Gasteiger partial charge is 0.0621 e. The maximum atomic E-state index is 8.29. The average Bonchev–Trinajstić information content (AvgIpc) is 2.37. The summed E-state index contributed by atoms with van der Waals surface area (Å²) in [5, 5.41) is 12.3. The minimum Gasteiger partial charge on any atom is -0.273 e. The highest BCUT2D eigenvalue weighted by Crippen LogP contribution is 2.01. The van der Waals surface area contributed by atoms with Crippen molar-refractivity contribution in [2.75, 3.05) is 0 Å². The molecule has 1 aromatic heterocycles. The molecule has 1 aromatic rings. The SMILES string of the molecule is Cn1nccc1CCCC#N. The van der Waals surface area contributed by atoms with Gasteiger partial charge in [0.2, 0.25) is 0 Å². The lowest BCUT2D eigenvalue weighted by Gasteiger charge is -1.97. The highest BCUT2D eigenvalue weighted by atomic mass is 15.2. The first-order valence-corrected chi connectivity index (χ1v) is 3.68. The number of unbranched alkanes of at least 4 members (excludes halogenated alkanes) is 1. The molecule has 11 heavy (non-hydrogen) atoms. The summed E-state index contributed by atoms with van der Waals surface area (Å²) in [6.07, 6.45) is 4.28. The van der Waals surface area contributed by atoms with Gasteiger partial charge in [-0.05, 0) is 18.9 Å². The first kappa shape index (κ1) is 7.80. The lowest BCUT2D eigenvalue weighted by molar-refractivity contribution is 0.688. The Hall–Kier alpha value is -1.30. The maximum Gasteiger partial charge on any atom is 0.0621 e. The monoisotopic (exact) mass is 149 g/mol. The fourth-order valence-electron chi connectivity index (χ4n) is 0.995. The molecule has 0 amide bonds. The first-order valence-electron chi connectivity index (χ1n) is 3.68. The third kappa shape index (κ3) is 2.08. The van der Waals surface area contributed by atoms with Crippen molar-refractivity contribution in [2.24, 2.45) is 7.05 Å². The van der Waals surface area contributed by atoms with E-state index < -0.39 is 0 Å². The Labute approximate surface area is 66.3 Å². The molecule has 0 aliphatic rings. The van der Waals surface area contributed by atoms with Crippen LogP contribution in [0.15, 0.2) is 12.3 Å². The molecule has 0 saturated heterocycles. The second-order valence-corrected chi connectivity index (χ2v) is 2.46. The lowest BCUT2D eigenvalue weighted by atomic mass is 10.2. The largest absolute Gasteiger partial charge is 0.273 e. The summed E-state index contributed by atoms with van der Waals surface area (Å²) in [4.78, 5) is 0. The minimum atomic E-state index is 0.630. The van der Waals surface area contributed by atoms with Crippen LogP contribution in [0.3, 0.4) is 0 Å². The van der Waals surface area contributed by atoms with Crippen LogP contribution in [0, 0.1) is 11.3 Å². The van der Waals surface area contributed by atoms with Crippen molar-refractivity contribution in [2.45, 2.75) is 19.3 Å². The molecule has 1 heterocycles. The summed E-state index contributed by atoms with van der Waals surface area (Å²) in [7, 11) is 1.92. The van der Waals surface area contributed by atoms with Crippen LogP contribution >= 0.6 is 0 Å². The van der Waals surface area contributed by atoms with Gasteiger partial charge in [-0.15, -0.1) is 0 Å². The summed E-state index contributed by atoms with van der Waals surface area (Å²) in [6, 6.07) is 4.10. The molecule has 0 fully saturated rings. The van der Waals surface area contributed by atoms with E-state index in [0.29, 0.717) is 6.42 Å². The van der Waals surface area contributed by atoms with E-state index in [2.05, 4.69) is 11.2 Å². The third-order valence-electron chi connectivity index (χ3n) is 1.64. The second-order valence-electron chi connectivity index (χ2n) is 2.46. The van der Waals surface area contributed by atoms with E-state index in [1.165, 1.54) is 5.69 Å². The molecule has 3 nitrogen and oxygen atoms in total. The summed E-state index contributed by atoms with van der Waals surface area (Å²) < 4.78 is 1.84. The number of aryl methyl sites for hydroxylation is 2. The van der Waals surface area contributed by atoms with Gasteiger partial charge in [0, 0.05) is 25.4 Å². The highest BCUT2D eigenvalue weighted by Gasteiger charge is 1.96. The molecular formula is C8H11N3. The molecule has 0 aliphatic carbocycles. The van der Waals surface area contributed by atoms with E-state index in [1.54, 1.807) is 6.20 Å². The Balaban J connectivity index is 2.40. The Morgan fingerprint density at radius 2 is 2.55 bits per heavy atom. The number of hydrogen-bond donors (Lipinski definition) is 0. The summed E-state index contributed by atoms with van der Waals surface area (Å²) in [6.45, 7) is 0. The van der Waals surface area contributed by atoms with E-state index in [-0.39, 0.29) is 0 Å². The molecule has 58 valence electrons. The van der Waals surface area contributed by atoms with Crippen molar-refractivity contribution in [3.8, 4) is 6.07 Å². The van der Waals surface area contributed by atoms with Gasteiger partial charge in [-0.25, -0.2) is 0 Å².